The Hall–Kier alpha value is -0.441. The molecule has 74 valence electrons. The van der Waals surface area contributed by atoms with Gasteiger partial charge in [-0.1, -0.05) is 0 Å². The van der Waals surface area contributed by atoms with Crippen molar-refractivity contribution in [3.8, 4) is 0 Å². The second-order valence-electron chi connectivity index (χ2n) is 3.31. The number of carbonyl (C=O) groups is 1. The Bertz CT molecular complexity index is 341. The van der Waals surface area contributed by atoms with Gasteiger partial charge >= 0.3 is 95.3 Å². The van der Waals surface area contributed by atoms with Gasteiger partial charge in [-0.05, 0) is 0 Å². The summed E-state index contributed by atoms with van der Waals surface area (Å²) in [6, 6.07) is 3.79. The Labute approximate surface area is 95.3 Å². The van der Waals surface area contributed by atoms with E-state index in [2.05, 4.69) is 20.5 Å². The monoisotopic (exact) mass is 273 g/mol. The van der Waals surface area contributed by atoms with Gasteiger partial charge in [0.05, 0.1) is 0 Å². The predicted molar refractivity (Wildman–Crippen MR) is 60.2 cm³/mol. The second kappa shape index (κ2) is 4.39. The van der Waals surface area contributed by atoms with Gasteiger partial charge < -0.3 is 0 Å². The first-order valence-corrected chi connectivity index (χ1v) is 6.40. The molecule has 1 aliphatic rings. The summed E-state index contributed by atoms with van der Waals surface area (Å²) in [5.74, 6) is 0.141. The van der Waals surface area contributed by atoms with Crippen molar-refractivity contribution in [1.29, 1.82) is 0 Å². The summed E-state index contributed by atoms with van der Waals surface area (Å²) in [7, 11) is 0. The topological polar surface area (TPSA) is 20.3 Å². The first kappa shape index (κ1) is 10.1. The zero-order valence-corrected chi connectivity index (χ0v) is 10.3. The number of carbonyl (C=O) groups excluding carboxylic acids is 1. The fourth-order valence-corrected chi connectivity index (χ4v) is 3.00. The van der Waals surface area contributed by atoms with Crippen molar-refractivity contribution < 1.29 is 4.79 Å². The van der Waals surface area contributed by atoms with Crippen molar-refractivity contribution in [3.63, 3.8) is 0 Å². The second-order valence-corrected chi connectivity index (χ2v) is 5.06. The van der Waals surface area contributed by atoms with E-state index in [4.69, 9.17) is 0 Å². The molecule has 14 heavy (non-hydrogen) atoms. The van der Waals surface area contributed by atoms with Gasteiger partial charge in [0.15, 0.2) is 0 Å². The number of ketones is 1. The average molecular weight is 272 g/mol. The predicted octanol–water partition coefficient (Wildman–Crippen LogP) is 1.33. The van der Waals surface area contributed by atoms with Crippen LogP contribution in [0.1, 0.15) is 22.5 Å². The van der Waals surface area contributed by atoms with Crippen LogP contribution in [-0.2, 0) is 0 Å². The normalized spacial score (nSPS) is 15.9. The molecule has 1 aliphatic heterocycles. The molecule has 0 spiro atoms. The molecule has 0 radical (unpaired) electrons. The van der Waals surface area contributed by atoms with E-state index in [0.29, 0.717) is 0 Å². The van der Waals surface area contributed by atoms with Gasteiger partial charge in [-0.25, -0.2) is 0 Å². The Morgan fingerprint density at radius 1 is 1.43 bits per heavy atom. The minimum atomic E-state index is 0.141. The number of likely N-dealkylation sites (tertiary alicyclic amines) is 1. The zero-order chi connectivity index (χ0) is 9.97. The van der Waals surface area contributed by atoms with Gasteiger partial charge in [0.25, 0.3) is 0 Å². The van der Waals surface area contributed by atoms with Crippen LogP contribution in [0.5, 0.6) is 0 Å². The first-order valence-electron chi connectivity index (χ1n) is 4.66. The molecule has 2 heterocycles. The summed E-state index contributed by atoms with van der Waals surface area (Å²) >= 11 is 4.41. The molecule has 1 aromatic heterocycles. The Morgan fingerprint density at radius 3 is 2.71 bits per heavy atom. The maximum atomic E-state index is 11.9. The van der Waals surface area contributed by atoms with Gasteiger partial charge in [0, 0.05) is 0 Å². The van der Waals surface area contributed by atoms with Crippen LogP contribution in [0.4, 0.5) is 0 Å². The molecule has 1 aromatic rings. The van der Waals surface area contributed by atoms with Crippen LogP contribution in [-0.4, -0.2) is 43.9 Å². The molecule has 2 nitrogen and oxygen atoms in total. The number of Topliss-reactive ketones (excluding diaryl/α,β-unsaturated/α-hetero) is 1. The van der Waals surface area contributed by atoms with E-state index >= 15 is 0 Å². The van der Waals surface area contributed by atoms with Crippen molar-refractivity contribution >= 4 is 37.2 Å². The molecule has 0 N–H and O–H groups in total. The standard InChI is InChI=1S/C10H11NOSSe/c12-9(8-4-3-7-13-8)10(14)11-5-1-2-6-11/h3-4,7H,1-2,5-6H2. The van der Waals surface area contributed by atoms with Gasteiger partial charge in [-0.2, -0.15) is 0 Å². The molecule has 0 saturated carbocycles. The zero-order valence-electron chi connectivity index (χ0n) is 7.73. The third-order valence-corrected chi connectivity index (χ3v) is 4.13. The third kappa shape index (κ3) is 1.97. The fourth-order valence-electron chi connectivity index (χ4n) is 1.58. The Morgan fingerprint density at radius 2 is 2.14 bits per heavy atom. The van der Waals surface area contributed by atoms with Gasteiger partial charge in [-0.3, -0.25) is 0 Å². The van der Waals surface area contributed by atoms with Crippen molar-refractivity contribution in [2.75, 3.05) is 13.1 Å². The van der Waals surface area contributed by atoms with E-state index in [1.807, 2.05) is 17.5 Å². The SMILES string of the molecule is O=C(C(=[Se])N1CCCC1)c1cccs1. The fraction of sp³-hybridized carbons (Fsp3) is 0.400. The number of thiophene rings is 1. The number of hydrogen-bond donors (Lipinski definition) is 0. The molecule has 0 aromatic carbocycles. The quantitative estimate of drug-likeness (QED) is 0.611. The molecular formula is C10H11NOSSe. The van der Waals surface area contributed by atoms with Crippen LogP contribution >= 0.6 is 11.3 Å². The molecule has 0 unspecified atom stereocenters. The molecule has 0 atom stereocenters. The molecule has 0 amide bonds. The van der Waals surface area contributed by atoms with E-state index in [0.717, 1.165) is 22.5 Å². The summed E-state index contributed by atoms with van der Waals surface area (Å²) in [6.07, 6.45) is 2.39. The van der Waals surface area contributed by atoms with Crippen LogP contribution in [0.25, 0.3) is 0 Å². The van der Waals surface area contributed by atoms with Crippen LogP contribution in [0, 0.1) is 0 Å². The van der Waals surface area contributed by atoms with E-state index in [-0.39, 0.29) is 5.78 Å². The van der Waals surface area contributed by atoms with E-state index in [1.54, 1.807) is 0 Å². The van der Waals surface area contributed by atoms with Crippen molar-refractivity contribution in [2.24, 2.45) is 0 Å². The van der Waals surface area contributed by atoms with Crippen LogP contribution in [0.2, 0.25) is 0 Å². The van der Waals surface area contributed by atoms with Gasteiger partial charge in [-0.15, -0.1) is 0 Å². The van der Waals surface area contributed by atoms with Gasteiger partial charge in [0.1, 0.15) is 0 Å². The molecule has 0 bridgehead atoms. The summed E-state index contributed by atoms with van der Waals surface area (Å²) in [5, 5.41) is 1.94. The van der Waals surface area contributed by atoms with Crippen LogP contribution < -0.4 is 0 Å². The number of rotatable bonds is 3. The average Bonchev–Trinajstić information content (AvgIpc) is 2.87. The molecule has 2 rings (SSSR count). The summed E-state index contributed by atoms with van der Waals surface area (Å²) in [6.45, 7) is 2.03. The van der Waals surface area contributed by atoms with Crippen LogP contribution in [0.15, 0.2) is 17.5 Å². The van der Waals surface area contributed by atoms with E-state index in [9.17, 15) is 4.79 Å². The molecule has 4 heteroatoms. The number of nitrogens with zero attached hydrogens (tertiary/aromatic N) is 1. The molecule has 0 aliphatic carbocycles. The van der Waals surface area contributed by atoms with E-state index in [1.165, 1.54) is 24.2 Å². The number of hydrogen-bond acceptors (Lipinski definition) is 3. The van der Waals surface area contributed by atoms with Gasteiger partial charge in [0.2, 0.25) is 0 Å². The summed E-state index contributed by atoms with van der Waals surface area (Å²) in [5.41, 5.74) is 0. The maximum absolute atomic E-state index is 11.9. The molecular weight excluding hydrogens is 261 g/mol. The van der Waals surface area contributed by atoms with Crippen molar-refractivity contribution in [3.05, 3.63) is 22.4 Å². The van der Waals surface area contributed by atoms with Crippen molar-refractivity contribution in [2.45, 2.75) is 12.8 Å². The Kier molecular flexibility index (Phi) is 3.16. The Balaban J connectivity index is 2.08. The minimum absolute atomic E-state index is 0.141. The third-order valence-electron chi connectivity index (χ3n) is 2.33. The van der Waals surface area contributed by atoms with E-state index < -0.39 is 0 Å². The van der Waals surface area contributed by atoms with Crippen LogP contribution in [0.3, 0.4) is 0 Å². The first-order chi connectivity index (χ1) is 6.79. The summed E-state index contributed by atoms with van der Waals surface area (Å²) in [4.78, 5) is 14.9. The molecule has 1 saturated heterocycles. The van der Waals surface area contributed by atoms with Crippen molar-refractivity contribution in [1.82, 2.24) is 4.90 Å². The summed E-state index contributed by atoms with van der Waals surface area (Å²) < 4.78 is 0.782. The molecule has 1 fully saturated rings.